The van der Waals surface area contributed by atoms with Crippen LogP contribution in [-0.2, 0) is 4.79 Å². The number of benzene rings is 1. The summed E-state index contributed by atoms with van der Waals surface area (Å²) >= 11 is 0. The van der Waals surface area contributed by atoms with E-state index in [1.165, 1.54) is 4.90 Å². The summed E-state index contributed by atoms with van der Waals surface area (Å²) in [7, 11) is 1.68. The van der Waals surface area contributed by atoms with E-state index in [0.29, 0.717) is 6.42 Å². The number of oxime groups is 1. The van der Waals surface area contributed by atoms with Crippen molar-refractivity contribution in [1.82, 2.24) is 0 Å². The summed E-state index contributed by atoms with van der Waals surface area (Å²) in [6, 6.07) is 7.60. The SMILES string of the molecule is CCC(C(=O)N(C)c1ccc(C)cc1)C(N)=NO. The highest BCUT2D eigenvalue weighted by molar-refractivity contribution is 6.08. The lowest BCUT2D eigenvalue weighted by Crippen LogP contribution is -2.39. The zero-order chi connectivity index (χ0) is 13.7. The van der Waals surface area contributed by atoms with E-state index in [-0.39, 0.29) is 11.7 Å². The van der Waals surface area contributed by atoms with E-state index in [1.54, 1.807) is 7.05 Å². The maximum Gasteiger partial charge on any atom is 0.237 e. The second kappa shape index (κ2) is 6.05. The standard InChI is InChI=1S/C13H19N3O2/c1-4-11(12(14)15-18)13(17)16(3)10-7-5-9(2)6-8-10/h5-8,11,18H,4H2,1-3H3,(H2,14,15). The first kappa shape index (κ1) is 14.0. The molecule has 0 aliphatic carbocycles. The molecule has 1 atom stereocenters. The summed E-state index contributed by atoms with van der Waals surface area (Å²) in [5, 5.41) is 11.6. The molecule has 98 valence electrons. The van der Waals surface area contributed by atoms with E-state index in [1.807, 2.05) is 38.1 Å². The molecule has 1 unspecified atom stereocenters. The lowest BCUT2D eigenvalue weighted by Gasteiger charge is -2.22. The molecule has 0 heterocycles. The highest BCUT2D eigenvalue weighted by Crippen LogP contribution is 2.17. The molecule has 0 fully saturated rings. The monoisotopic (exact) mass is 249 g/mol. The van der Waals surface area contributed by atoms with E-state index in [0.717, 1.165) is 11.3 Å². The predicted octanol–water partition coefficient (Wildman–Crippen LogP) is 1.73. The molecule has 0 radical (unpaired) electrons. The average Bonchev–Trinajstić information content (AvgIpc) is 2.39. The molecule has 0 saturated heterocycles. The fraction of sp³-hybridized carbons (Fsp3) is 0.385. The second-order valence-corrected chi connectivity index (χ2v) is 4.22. The minimum atomic E-state index is -0.596. The first-order chi connectivity index (χ1) is 8.51. The highest BCUT2D eigenvalue weighted by Gasteiger charge is 2.25. The van der Waals surface area contributed by atoms with Crippen LogP contribution in [0.5, 0.6) is 0 Å². The van der Waals surface area contributed by atoms with Gasteiger partial charge in [0.15, 0.2) is 5.84 Å². The molecule has 0 aliphatic rings. The van der Waals surface area contributed by atoms with E-state index >= 15 is 0 Å². The van der Waals surface area contributed by atoms with Gasteiger partial charge in [-0.15, -0.1) is 0 Å². The summed E-state index contributed by atoms with van der Waals surface area (Å²) in [4.78, 5) is 13.7. The van der Waals surface area contributed by atoms with E-state index in [2.05, 4.69) is 5.16 Å². The third kappa shape index (κ3) is 3.00. The number of anilines is 1. The van der Waals surface area contributed by atoms with Gasteiger partial charge in [-0.05, 0) is 25.5 Å². The predicted molar refractivity (Wildman–Crippen MR) is 71.8 cm³/mol. The van der Waals surface area contributed by atoms with Crippen LogP contribution in [0.2, 0.25) is 0 Å². The molecule has 1 rings (SSSR count). The van der Waals surface area contributed by atoms with Gasteiger partial charge in [-0.25, -0.2) is 0 Å². The van der Waals surface area contributed by atoms with Gasteiger partial charge in [0.2, 0.25) is 5.91 Å². The number of amides is 1. The molecule has 1 aromatic rings. The molecule has 18 heavy (non-hydrogen) atoms. The number of nitrogens with zero attached hydrogens (tertiary/aromatic N) is 2. The molecule has 0 aromatic heterocycles. The number of rotatable bonds is 4. The van der Waals surface area contributed by atoms with Gasteiger partial charge in [0.25, 0.3) is 0 Å². The molecular weight excluding hydrogens is 230 g/mol. The van der Waals surface area contributed by atoms with E-state index in [4.69, 9.17) is 10.9 Å². The Balaban J connectivity index is 2.92. The highest BCUT2D eigenvalue weighted by atomic mass is 16.4. The van der Waals surface area contributed by atoms with Crippen molar-refractivity contribution >= 4 is 17.4 Å². The fourth-order valence-electron chi connectivity index (χ4n) is 1.71. The van der Waals surface area contributed by atoms with Gasteiger partial charge in [0, 0.05) is 12.7 Å². The Bertz CT molecular complexity index is 440. The molecule has 0 aliphatic heterocycles. The van der Waals surface area contributed by atoms with Crippen molar-refractivity contribution in [3.8, 4) is 0 Å². The molecule has 0 saturated carbocycles. The van der Waals surface area contributed by atoms with Crippen LogP contribution in [0, 0.1) is 12.8 Å². The maximum absolute atomic E-state index is 12.2. The Morgan fingerprint density at radius 3 is 2.44 bits per heavy atom. The molecule has 5 nitrogen and oxygen atoms in total. The number of carbonyl (C=O) groups excluding carboxylic acids is 1. The smallest absolute Gasteiger partial charge is 0.237 e. The summed E-state index contributed by atoms with van der Waals surface area (Å²) in [6.07, 6.45) is 0.491. The van der Waals surface area contributed by atoms with Gasteiger partial charge in [-0.1, -0.05) is 29.8 Å². The summed E-state index contributed by atoms with van der Waals surface area (Å²) in [5.74, 6) is -0.834. The topological polar surface area (TPSA) is 78.9 Å². The fourth-order valence-corrected chi connectivity index (χ4v) is 1.71. The number of hydrogen-bond acceptors (Lipinski definition) is 3. The van der Waals surface area contributed by atoms with Crippen LogP contribution in [0.15, 0.2) is 29.4 Å². The average molecular weight is 249 g/mol. The first-order valence-electron chi connectivity index (χ1n) is 5.82. The number of hydrogen-bond donors (Lipinski definition) is 2. The van der Waals surface area contributed by atoms with Crippen molar-refractivity contribution in [3.63, 3.8) is 0 Å². The second-order valence-electron chi connectivity index (χ2n) is 4.22. The molecule has 1 amide bonds. The van der Waals surface area contributed by atoms with Gasteiger partial charge in [0.1, 0.15) is 0 Å². The Morgan fingerprint density at radius 2 is 2.00 bits per heavy atom. The number of carbonyl (C=O) groups is 1. The van der Waals surface area contributed by atoms with Gasteiger partial charge < -0.3 is 15.8 Å². The summed E-state index contributed by atoms with van der Waals surface area (Å²) in [5.41, 5.74) is 7.44. The van der Waals surface area contributed by atoms with Crippen LogP contribution in [0.3, 0.4) is 0 Å². The van der Waals surface area contributed by atoms with Crippen molar-refractivity contribution in [2.24, 2.45) is 16.8 Å². The molecule has 3 N–H and O–H groups in total. The molecule has 1 aromatic carbocycles. The summed E-state index contributed by atoms with van der Waals surface area (Å²) in [6.45, 7) is 3.81. The van der Waals surface area contributed by atoms with Gasteiger partial charge >= 0.3 is 0 Å². The number of aryl methyl sites for hydroxylation is 1. The van der Waals surface area contributed by atoms with Gasteiger partial charge in [-0.2, -0.15) is 0 Å². The molecular formula is C13H19N3O2. The number of amidine groups is 1. The minimum Gasteiger partial charge on any atom is -0.409 e. The maximum atomic E-state index is 12.2. The normalized spacial score (nSPS) is 13.2. The van der Waals surface area contributed by atoms with Crippen LogP contribution >= 0.6 is 0 Å². The van der Waals surface area contributed by atoms with Crippen LogP contribution in [0.25, 0.3) is 0 Å². The third-order valence-corrected chi connectivity index (χ3v) is 2.93. The van der Waals surface area contributed by atoms with Crippen molar-refractivity contribution in [3.05, 3.63) is 29.8 Å². The minimum absolute atomic E-state index is 0.0542. The van der Waals surface area contributed by atoms with Crippen LogP contribution in [0.4, 0.5) is 5.69 Å². The zero-order valence-corrected chi connectivity index (χ0v) is 10.9. The summed E-state index contributed by atoms with van der Waals surface area (Å²) < 4.78 is 0. The number of nitrogens with two attached hydrogens (primary N) is 1. The van der Waals surface area contributed by atoms with Crippen LogP contribution in [0.1, 0.15) is 18.9 Å². The Kier molecular flexibility index (Phi) is 4.71. The first-order valence-corrected chi connectivity index (χ1v) is 5.82. The lowest BCUT2D eigenvalue weighted by molar-refractivity contribution is -0.120. The Hall–Kier alpha value is -2.04. The third-order valence-electron chi connectivity index (χ3n) is 2.93. The lowest BCUT2D eigenvalue weighted by atomic mass is 10.0. The van der Waals surface area contributed by atoms with Crippen LogP contribution in [-0.4, -0.2) is 24.0 Å². The Morgan fingerprint density at radius 1 is 1.44 bits per heavy atom. The van der Waals surface area contributed by atoms with Crippen LogP contribution < -0.4 is 10.6 Å². The largest absolute Gasteiger partial charge is 0.409 e. The zero-order valence-electron chi connectivity index (χ0n) is 10.9. The van der Waals surface area contributed by atoms with Crippen molar-refractivity contribution in [2.75, 3.05) is 11.9 Å². The molecule has 0 bridgehead atoms. The Labute approximate surface area is 107 Å². The molecule has 5 heteroatoms. The van der Waals surface area contributed by atoms with E-state index in [9.17, 15) is 4.79 Å². The van der Waals surface area contributed by atoms with Crippen molar-refractivity contribution in [2.45, 2.75) is 20.3 Å². The van der Waals surface area contributed by atoms with Crippen molar-refractivity contribution < 1.29 is 10.0 Å². The van der Waals surface area contributed by atoms with Gasteiger partial charge in [-0.3, -0.25) is 4.79 Å². The van der Waals surface area contributed by atoms with E-state index < -0.39 is 5.92 Å². The quantitative estimate of drug-likeness (QED) is 0.369. The molecule has 0 spiro atoms. The van der Waals surface area contributed by atoms with Gasteiger partial charge in [0.05, 0.1) is 5.92 Å². The van der Waals surface area contributed by atoms with Crippen molar-refractivity contribution in [1.29, 1.82) is 0 Å².